The highest BCUT2D eigenvalue weighted by atomic mass is 32.1. The number of carbonyl (C=O) groups is 2. The Balaban J connectivity index is 1.64. The second kappa shape index (κ2) is 8.16. The molecule has 1 aromatic heterocycles. The molecule has 1 aliphatic carbocycles. The second-order valence-electron chi connectivity index (χ2n) is 6.21. The zero-order chi connectivity index (χ0) is 17.6. The number of urea groups is 1. The molecule has 1 aliphatic rings. The van der Waals surface area contributed by atoms with Crippen molar-refractivity contribution in [2.75, 3.05) is 12.4 Å². The maximum atomic E-state index is 12.4. The van der Waals surface area contributed by atoms with Crippen LogP contribution in [0, 0.1) is 5.92 Å². The van der Waals surface area contributed by atoms with E-state index in [0.717, 1.165) is 12.8 Å². The number of nitrogens with one attached hydrogen (secondary N) is 2. The Morgan fingerprint density at radius 2 is 1.88 bits per heavy atom. The van der Waals surface area contributed by atoms with Gasteiger partial charge in [0, 0.05) is 10.6 Å². The number of ether oxygens (including phenoxy) is 1. The third kappa shape index (κ3) is 4.39. The number of amides is 2. The standard InChI is InChI=1S/C19H22N2O3S/c1-24-18(22)14-8-10-15(11-9-14)20-19(23)21-17(13-5-2-3-6-13)16-7-4-12-25-16/h4,7-13,17H,2-3,5-6H2,1H3,(H2,20,21,23). The Morgan fingerprint density at radius 1 is 1.16 bits per heavy atom. The summed E-state index contributed by atoms with van der Waals surface area (Å²) in [6.45, 7) is 0. The van der Waals surface area contributed by atoms with E-state index < -0.39 is 5.97 Å². The lowest BCUT2D eigenvalue weighted by atomic mass is 9.97. The molecule has 132 valence electrons. The molecule has 0 radical (unpaired) electrons. The molecule has 3 rings (SSSR count). The van der Waals surface area contributed by atoms with E-state index in [9.17, 15) is 9.59 Å². The van der Waals surface area contributed by atoms with Crippen LogP contribution in [0.5, 0.6) is 0 Å². The SMILES string of the molecule is COC(=O)c1ccc(NC(=O)NC(c2cccs2)C2CCCC2)cc1. The summed E-state index contributed by atoms with van der Waals surface area (Å²) in [7, 11) is 1.34. The van der Waals surface area contributed by atoms with Gasteiger partial charge in [0.2, 0.25) is 0 Å². The summed E-state index contributed by atoms with van der Waals surface area (Å²) in [4.78, 5) is 25.1. The van der Waals surface area contributed by atoms with Crippen LogP contribution in [0.2, 0.25) is 0 Å². The Labute approximate surface area is 151 Å². The van der Waals surface area contributed by atoms with Crippen molar-refractivity contribution >= 4 is 29.0 Å². The number of rotatable bonds is 5. The molecule has 1 atom stereocenters. The smallest absolute Gasteiger partial charge is 0.337 e. The number of benzene rings is 1. The molecule has 0 spiro atoms. The third-order valence-corrected chi connectivity index (χ3v) is 5.53. The van der Waals surface area contributed by atoms with Crippen LogP contribution in [0.3, 0.4) is 0 Å². The van der Waals surface area contributed by atoms with Crippen LogP contribution in [0.4, 0.5) is 10.5 Å². The van der Waals surface area contributed by atoms with E-state index in [1.807, 2.05) is 11.4 Å². The van der Waals surface area contributed by atoms with Crippen LogP contribution >= 0.6 is 11.3 Å². The molecule has 1 unspecified atom stereocenters. The molecule has 1 saturated carbocycles. The average Bonchev–Trinajstić information content (AvgIpc) is 3.33. The maximum absolute atomic E-state index is 12.4. The van der Waals surface area contributed by atoms with Gasteiger partial charge in [-0.2, -0.15) is 0 Å². The van der Waals surface area contributed by atoms with Gasteiger partial charge in [-0.15, -0.1) is 11.3 Å². The van der Waals surface area contributed by atoms with Crippen LogP contribution < -0.4 is 10.6 Å². The van der Waals surface area contributed by atoms with Gasteiger partial charge in [0.05, 0.1) is 18.7 Å². The number of hydrogen-bond donors (Lipinski definition) is 2. The first-order valence-electron chi connectivity index (χ1n) is 8.46. The van der Waals surface area contributed by atoms with Crippen molar-refractivity contribution in [2.45, 2.75) is 31.7 Å². The lowest BCUT2D eigenvalue weighted by molar-refractivity contribution is 0.0601. The van der Waals surface area contributed by atoms with E-state index in [2.05, 4.69) is 21.4 Å². The first kappa shape index (κ1) is 17.5. The topological polar surface area (TPSA) is 67.4 Å². The first-order valence-corrected chi connectivity index (χ1v) is 9.34. The number of carbonyl (C=O) groups excluding carboxylic acids is 2. The molecule has 2 aromatic rings. The van der Waals surface area contributed by atoms with Gasteiger partial charge >= 0.3 is 12.0 Å². The zero-order valence-corrected chi connectivity index (χ0v) is 15.0. The van der Waals surface area contributed by atoms with E-state index in [1.54, 1.807) is 35.6 Å². The molecule has 1 heterocycles. The summed E-state index contributed by atoms with van der Waals surface area (Å²) in [5.74, 6) is 0.0982. The van der Waals surface area contributed by atoms with Crippen molar-refractivity contribution < 1.29 is 14.3 Å². The zero-order valence-electron chi connectivity index (χ0n) is 14.2. The van der Waals surface area contributed by atoms with Crippen molar-refractivity contribution in [1.82, 2.24) is 5.32 Å². The summed E-state index contributed by atoms with van der Waals surface area (Å²) in [6, 6.07) is 10.6. The molecule has 5 nitrogen and oxygen atoms in total. The predicted octanol–water partition coefficient (Wildman–Crippen LogP) is 4.59. The van der Waals surface area contributed by atoms with E-state index in [0.29, 0.717) is 17.2 Å². The molecule has 0 aliphatic heterocycles. The van der Waals surface area contributed by atoms with Crippen LogP contribution in [0.1, 0.15) is 47.0 Å². The van der Waals surface area contributed by atoms with Gasteiger partial charge < -0.3 is 15.4 Å². The minimum Gasteiger partial charge on any atom is -0.465 e. The fraction of sp³-hybridized carbons (Fsp3) is 0.368. The summed E-state index contributed by atoms with van der Waals surface area (Å²) < 4.78 is 4.67. The summed E-state index contributed by atoms with van der Waals surface area (Å²) in [5, 5.41) is 8.02. The fourth-order valence-electron chi connectivity index (χ4n) is 3.30. The summed E-state index contributed by atoms with van der Waals surface area (Å²) in [5.41, 5.74) is 1.09. The van der Waals surface area contributed by atoms with Crippen molar-refractivity contribution in [3.05, 3.63) is 52.2 Å². The quantitative estimate of drug-likeness (QED) is 0.768. The van der Waals surface area contributed by atoms with E-state index in [-0.39, 0.29) is 12.1 Å². The third-order valence-electron chi connectivity index (χ3n) is 4.57. The van der Waals surface area contributed by atoms with E-state index in [4.69, 9.17) is 0 Å². The van der Waals surface area contributed by atoms with Crippen molar-refractivity contribution in [1.29, 1.82) is 0 Å². The number of anilines is 1. The normalized spacial score (nSPS) is 15.6. The molecule has 1 aromatic carbocycles. The fourth-order valence-corrected chi connectivity index (χ4v) is 4.17. The molecule has 0 bridgehead atoms. The molecule has 0 saturated heterocycles. The molecule has 6 heteroatoms. The highest BCUT2D eigenvalue weighted by Crippen LogP contribution is 2.37. The Hall–Kier alpha value is -2.34. The first-order chi connectivity index (χ1) is 12.2. The summed E-state index contributed by atoms with van der Waals surface area (Å²) >= 11 is 1.68. The molecule has 25 heavy (non-hydrogen) atoms. The lowest BCUT2D eigenvalue weighted by Gasteiger charge is -2.24. The van der Waals surface area contributed by atoms with Gasteiger partial charge in [0.1, 0.15) is 0 Å². The number of thiophene rings is 1. The van der Waals surface area contributed by atoms with Gasteiger partial charge in [-0.25, -0.2) is 9.59 Å². The lowest BCUT2D eigenvalue weighted by Crippen LogP contribution is -2.35. The van der Waals surface area contributed by atoms with Gasteiger partial charge in [-0.1, -0.05) is 18.9 Å². The Kier molecular flexibility index (Phi) is 5.71. The molecular weight excluding hydrogens is 336 g/mol. The van der Waals surface area contributed by atoms with Crippen molar-refractivity contribution in [3.8, 4) is 0 Å². The Bertz CT molecular complexity index is 707. The molecule has 2 amide bonds. The van der Waals surface area contributed by atoms with Gasteiger partial charge in [0.25, 0.3) is 0 Å². The molecule has 1 fully saturated rings. The highest BCUT2D eigenvalue weighted by Gasteiger charge is 2.28. The van der Waals surface area contributed by atoms with Crippen molar-refractivity contribution in [2.24, 2.45) is 5.92 Å². The van der Waals surface area contributed by atoms with E-state index in [1.165, 1.54) is 24.8 Å². The second-order valence-corrected chi connectivity index (χ2v) is 7.18. The predicted molar refractivity (Wildman–Crippen MR) is 99.0 cm³/mol. The number of hydrogen-bond acceptors (Lipinski definition) is 4. The van der Waals surface area contributed by atoms with Gasteiger partial charge in [0.15, 0.2) is 0 Å². The summed E-state index contributed by atoms with van der Waals surface area (Å²) in [6.07, 6.45) is 4.75. The van der Waals surface area contributed by atoms with Crippen LogP contribution in [0.25, 0.3) is 0 Å². The molecule has 2 N–H and O–H groups in total. The van der Waals surface area contributed by atoms with Crippen molar-refractivity contribution in [3.63, 3.8) is 0 Å². The highest BCUT2D eigenvalue weighted by molar-refractivity contribution is 7.10. The Morgan fingerprint density at radius 3 is 2.48 bits per heavy atom. The van der Waals surface area contributed by atoms with Crippen LogP contribution in [-0.2, 0) is 4.74 Å². The van der Waals surface area contributed by atoms with Gasteiger partial charge in [-0.3, -0.25) is 0 Å². The largest absolute Gasteiger partial charge is 0.465 e. The van der Waals surface area contributed by atoms with Crippen LogP contribution in [0.15, 0.2) is 41.8 Å². The number of methoxy groups -OCH3 is 1. The van der Waals surface area contributed by atoms with Gasteiger partial charge in [-0.05, 0) is 54.5 Å². The molecular formula is C19H22N2O3S. The maximum Gasteiger partial charge on any atom is 0.337 e. The van der Waals surface area contributed by atoms with E-state index >= 15 is 0 Å². The van der Waals surface area contributed by atoms with Crippen LogP contribution in [-0.4, -0.2) is 19.1 Å². The number of esters is 1. The average molecular weight is 358 g/mol. The minimum atomic E-state index is -0.394. The minimum absolute atomic E-state index is 0.0526. The monoisotopic (exact) mass is 358 g/mol.